The minimum Gasteiger partial charge on any atom is -0.497 e. The van der Waals surface area contributed by atoms with Gasteiger partial charge in [-0.15, -0.1) is 0 Å². The van der Waals surface area contributed by atoms with Crippen molar-refractivity contribution in [3.05, 3.63) is 78.3 Å². The first-order chi connectivity index (χ1) is 19.5. The van der Waals surface area contributed by atoms with Crippen LogP contribution < -0.4 is 25.8 Å². The number of ether oxygens (including phenoxy) is 1. The number of hydrogen-bond acceptors (Lipinski definition) is 8. The predicted octanol–water partition coefficient (Wildman–Crippen LogP) is 3.86. The molecular weight excluding hydrogens is 511 g/mol. The summed E-state index contributed by atoms with van der Waals surface area (Å²) in [6, 6.07) is 11.9. The SMILES string of the molecule is COc1ccc(CN(c2ccnn3c(C(=O)N(N[C@H]4CC[C@H](N)CC4)c4ccncc4F)cnc23)C2CC2)cc1. The van der Waals surface area contributed by atoms with Crippen molar-refractivity contribution < 1.29 is 13.9 Å². The lowest BCUT2D eigenvalue weighted by atomic mass is 9.92. The van der Waals surface area contributed by atoms with Gasteiger partial charge in [-0.05, 0) is 68.4 Å². The molecule has 2 fully saturated rings. The van der Waals surface area contributed by atoms with E-state index in [2.05, 4.69) is 37.5 Å². The molecule has 1 amide bonds. The first-order valence-corrected chi connectivity index (χ1v) is 13.7. The Morgan fingerprint density at radius 2 is 1.80 bits per heavy atom. The molecule has 0 aliphatic heterocycles. The summed E-state index contributed by atoms with van der Waals surface area (Å²) < 4.78 is 21.8. The van der Waals surface area contributed by atoms with Crippen LogP contribution in [0, 0.1) is 5.82 Å². The molecule has 2 aliphatic carbocycles. The van der Waals surface area contributed by atoms with Gasteiger partial charge in [0.25, 0.3) is 5.91 Å². The van der Waals surface area contributed by atoms with Crippen LogP contribution in [0.15, 0.2) is 61.2 Å². The number of hydrazine groups is 1. The van der Waals surface area contributed by atoms with Crippen molar-refractivity contribution in [2.24, 2.45) is 5.73 Å². The number of amides is 1. The molecule has 208 valence electrons. The minimum atomic E-state index is -0.599. The molecule has 4 aromatic rings. The van der Waals surface area contributed by atoms with Gasteiger partial charge in [-0.25, -0.2) is 24.3 Å². The highest BCUT2D eigenvalue weighted by molar-refractivity contribution is 6.05. The Balaban J connectivity index is 1.33. The number of benzene rings is 1. The number of halogens is 1. The number of carbonyl (C=O) groups excluding carboxylic acids is 1. The van der Waals surface area contributed by atoms with E-state index in [4.69, 9.17) is 10.5 Å². The summed E-state index contributed by atoms with van der Waals surface area (Å²) in [5.41, 5.74) is 12.3. The highest BCUT2D eigenvalue weighted by Gasteiger charge is 2.33. The third-order valence-electron chi connectivity index (χ3n) is 7.69. The minimum absolute atomic E-state index is 0.0196. The van der Waals surface area contributed by atoms with Gasteiger partial charge < -0.3 is 15.4 Å². The Morgan fingerprint density at radius 3 is 2.50 bits per heavy atom. The number of nitrogens with two attached hydrogens (primary N) is 1. The number of rotatable bonds is 9. The Hall–Kier alpha value is -4.09. The van der Waals surface area contributed by atoms with E-state index in [0.29, 0.717) is 18.2 Å². The quantitative estimate of drug-likeness (QED) is 0.306. The number of imidazole rings is 1. The zero-order valence-corrected chi connectivity index (χ0v) is 22.4. The van der Waals surface area contributed by atoms with Gasteiger partial charge >= 0.3 is 0 Å². The lowest BCUT2D eigenvalue weighted by molar-refractivity contribution is 0.0957. The van der Waals surface area contributed by atoms with E-state index in [1.807, 2.05) is 18.2 Å². The second-order valence-corrected chi connectivity index (χ2v) is 10.5. The number of fused-ring (bicyclic) bond motifs is 1. The largest absolute Gasteiger partial charge is 0.497 e. The molecule has 2 saturated carbocycles. The summed E-state index contributed by atoms with van der Waals surface area (Å²) in [6.07, 6.45) is 11.2. The Bertz CT molecular complexity index is 1480. The summed E-state index contributed by atoms with van der Waals surface area (Å²) in [6.45, 7) is 0.685. The van der Waals surface area contributed by atoms with Crippen molar-refractivity contribution >= 4 is 22.9 Å². The second kappa shape index (κ2) is 11.2. The predicted molar refractivity (Wildman–Crippen MR) is 150 cm³/mol. The smallest absolute Gasteiger partial charge is 0.293 e. The summed E-state index contributed by atoms with van der Waals surface area (Å²) in [5.74, 6) is -0.243. The zero-order chi connectivity index (χ0) is 27.6. The van der Waals surface area contributed by atoms with Crippen LogP contribution in [0.3, 0.4) is 0 Å². The fourth-order valence-electron chi connectivity index (χ4n) is 5.31. The number of nitrogens with zero attached hydrogens (tertiary/aromatic N) is 6. The summed E-state index contributed by atoms with van der Waals surface area (Å²) in [4.78, 5) is 24.8. The van der Waals surface area contributed by atoms with Gasteiger partial charge in [-0.2, -0.15) is 5.10 Å². The maximum absolute atomic E-state index is 14.9. The average molecular weight is 545 g/mol. The standard InChI is InChI=1S/C29H33FN8O2/c1-40-23-10-2-19(3-11-23)18-36(22-8-9-22)26-13-15-34-37-27(17-33-28(26)37)29(39)38(25-12-14-32-16-24(25)30)35-21-6-4-20(31)5-7-21/h2-3,10-17,20-22,35H,4-9,18,31H2,1H3/t20-,21-. The number of anilines is 2. The second-order valence-electron chi connectivity index (χ2n) is 10.5. The monoisotopic (exact) mass is 544 g/mol. The van der Waals surface area contributed by atoms with E-state index in [0.717, 1.165) is 61.7 Å². The van der Waals surface area contributed by atoms with Crippen LogP contribution >= 0.6 is 0 Å². The summed E-state index contributed by atoms with van der Waals surface area (Å²) >= 11 is 0. The van der Waals surface area contributed by atoms with E-state index >= 15 is 0 Å². The van der Waals surface area contributed by atoms with Gasteiger partial charge in [0.05, 0.1) is 37.1 Å². The molecule has 11 heteroatoms. The molecule has 0 unspecified atom stereocenters. The average Bonchev–Trinajstić information content (AvgIpc) is 3.73. The van der Waals surface area contributed by atoms with Crippen LogP contribution in [0.1, 0.15) is 54.6 Å². The van der Waals surface area contributed by atoms with Gasteiger partial charge in [0, 0.05) is 30.9 Å². The molecule has 1 aromatic carbocycles. The van der Waals surface area contributed by atoms with E-state index in [9.17, 15) is 9.18 Å². The molecule has 0 spiro atoms. The third-order valence-corrected chi connectivity index (χ3v) is 7.69. The lowest BCUT2D eigenvalue weighted by Crippen LogP contribution is -2.51. The first kappa shape index (κ1) is 26.1. The normalized spacial score (nSPS) is 19.0. The fraction of sp³-hybridized carbons (Fsp3) is 0.379. The van der Waals surface area contributed by atoms with Gasteiger partial charge in [0.1, 0.15) is 5.75 Å². The molecule has 3 heterocycles. The van der Waals surface area contributed by atoms with Crippen LogP contribution in [-0.2, 0) is 6.54 Å². The molecule has 3 N–H and O–H groups in total. The van der Waals surface area contributed by atoms with Crippen LogP contribution in [0.5, 0.6) is 5.75 Å². The number of carbonyl (C=O) groups is 1. The van der Waals surface area contributed by atoms with Crippen LogP contribution in [0.25, 0.3) is 5.65 Å². The Kier molecular flexibility index (Phi) is 7.31. The number of pyridine rings is 1. The van der Waals surface area contributed by atoms with Crippen molar-refractivity contribution in [3.63, 3.8) is 0 Å². The van der Waals surface area contributed by atoms with Crippen molar-refractivity contribution in [2.45, 2.75) is 63.2 Å². The Morgan fingerprint density at radius 1 is 1.05 bits per heavy atom. The zero-order valence-electron chi connectivity index (χ0n) is 22.4. The number of aromatic nitrogens is 4. The molecule has 0 saturated heterocycles. The number of hydrogen-bond donors (Lipinski definition) is 2. The molecular formula is C29H33FN8O2. The van der Waals surface area contributed by atoms with E-state index in [-0.39, 0.29) is 23.5 Å². The van der Waals surface area contributed by atoms with Gasteiger partial charge in [0.2, 0.25) is 0 Å². The lowest BCUT2D eigenvalue weighted by Gasteiger charge is -2.32. The molecule has 0 radical (unpaired) electrons. The number of nitrogens with one attached hydrogen (secondary N) is 1. The van der Waals surface area contributed by atoms with Crippen molar-refractivity contribution in [3.8, 4) is 5.75 Å². The fourth-order valence-corrected chi connectivity index (χ4v) is 5.31. The Labute approximate surface area is 231 Å². The molecule has 2 aliphatic rings. The van der Waals surface area contributed by atoms with E-state index in [1.54, 1.807) is 17.8 Å². The molecule has 0 bridgehead atoms. The topological polar surface area (TPSA) is 114 Å². The molecule has 0 atom stereocenters. The summed E-state index contributed by atoms with van der Waals surface area (Å²) in [7, 11) is 1.65. The van der Waals surface area contributed by atoms with Crippen molar-refractivity contribution in [2.75, 3.05) is 17.0 Å². The van der Waals surface area contributed by atoms with Gasteiger partial charge in [-0.3, -0.25) is 9.78 Å². The van der Waals surface area contributed by atoms with Crippen LogP contribution in [-0.4, -0.2) is 50.7 Å². The highest BCUT2D eigenvalue weighted by atomic mass is 19.1. The van der Waals surface area contributed by atoms with Crippen LogP contribution in [0.4, 0.5) is 15.8 Å². The van der Waals surface area contributed by atoms with Crippen molar-refractivity contribution in [1.29, 1.82) is 0 Å². The first-order valence-electron chi connectivity index (χ1n) is 13.7. The molecule has 3 aromatic heterocycles. The van der Waals surface area contributed by atoms with Gasteiger partial charge in [0.15, 0.2) is 17.2 Å². The third kappa shape index (κ3) is 5.34. The van der Waals surface area contributed by atoms with E-state index < -0.39 is 11.7 Å². The number of methoxy groups -OCH3 is 1. The van der Waals surface area contributed by atoms with Crippen LogP contribution in [0.2, 0.25) is 0 Å². The van der Waals surface area contributed by atoms with Gasteiger partial charge in [-0.1, -0.05) is 12.1 Å². The molecule has 6 rings (SSSR count). The molecule has 10 nitrogen and oxygen atoms in total. The molecule has 40 heavy (non-hydrogen) atoms. The maximum Gasteiger partial charge on any atom is 0.293 e. The maximum atomic E-state index is 14.9. The summed E-state index contributed by atoms with van der Waals surface area (Å²) in [5, 5.41) is 5.75. The van der Waals surface area contributed by atoms with Crippen molar-refractivity contribution in [1.82, 2.24) is 25.0 Å². The van der Waals surface area contributed by atoms with E-state index in [1.165, 1.54) is 23.5 Å². The highest BCUT2D eigenvalue weighted by Crippen LogP contribution is 2.35.